The molecule has 5 heteroatoms. The third-order valence-corrected chi connectivity index (χ3v) is 4.20. The second kappa shape index (κ2) is 6.30. The standard InChI is InChI=1S/C17H21N3O2/c1-12-5-7-13(8-6-12)16(22)14-11-15(21)19-17(18-14)20-9-3-2-4-10-20/h5-8,14H,2-4,9-11H2,1H3,(H,18,19,21)/t14-/m0/s1. The predicted molar refractivity (Wildman–Crippen MR) is 84.9 cm³/mol. The van der Waals surface area contributed by atoms with E-state index in [0.717, 1.165) is 31.5 Å². The van der Waals surface area contributed by atoms with Crippen molar-refractivity contribution >= 4 is 17.6 Å². The summed E-state index contributed by atoms with van der Waals surface area (Å²) in [6.45, 7) is 3.77. The number of nitrogens with zero attached hydrogens (tertiary/aromatic N) is 2. The Kier molecular flexibility index (Phi) is 4.22. The molecule has 1 aromatic rings. The zero-order valence-corrected chi connectivity index (χ0v) is 12.8. The van der Waals surface area contributed by atoms with Crippen LogP contribution in [0.4, 0.5) is 0 Å². The van der Waals surface area contributed by atoms with Crippen molar-refractivity contribution in [3.8, 4) is 0 Å². The van der Waals surface area contributed by atoms with E-state index in [1.165, 1.54) is 6.42 Å². The number of likely N-dealkylation sites (tertiary alicyclic amines) is 1. The van der Waals surface area contributed by atoms with E-state index >= 15 is 0 Å². The molecule has 1 N–H and O–H groups in total. The molecule has 0 saturated carbocycles. The van der Waals surface area contributed by atoms with Gasteiger partial charge in [-0.2, -0.15) is 0 Å². The van der Waals surface area contributed by atoms with Gasteiger partial charge in [-0.05, 0) is 26.2 Å². The summed E-state index contributed by atoms with van der Waals surface area (Å²) in [6, 6.07) is 6.82. The number of benzene rings is 1. The molecule has 0 aromatic heterocycles. The Bertz CT molecular complexity index is 601. The van der Waals surface area contributed by atoms with Crippen LogP contribution in [0.1, 0.15) is 41.6 Å². The van der Waals surface area contributed by atoms with Gasteiger partial charge in [0.15, 0.2) is 5.78 Å². The summed E-state index contributed by atoms with van der Waals surface area (Å²) >= 11 is 0. The van der Waals surface area contributed by atoms with Crippen molar-refractivity contribution in [3.05, 3.63) is 35.4 Å². The average molecular weight is 299 g/mol. The average Bonchev–Trinajstić information content (AvgIpc) is 2.55. The lowest BCUT2D eigenvalue weighted by Gasteiger charge is -2.32. The SMILES string of the molecule is Cc1ccc(C(=O)[C@@H]2CC(=O)NC(N3CCCCC3)=N2)cc1. The van der Waals surface area contributed by atoms with Crippen LogP contribution in [0.15, 0.2) is 29.3 Å². The highest BCUT2D eigenvalue weighted by atomic mass is 16.2. The summed E-state index contributed by atoms with van der Waals surface area (Å²) in [7, 11) is 0. The number of nitrogens with one attached hydrogen (secondary N) is 1. The monoisotopic (exact) mass is 299 g/mol. The first-order chi connectivity index (χ1) is 10.6. The van der Waals surface area contributed by atoms with Crippen LogP contribution >= 0.6 is 0 Å². The minimum atomic E-state index is -0.603. The lowest BCUT2D eigenvalue weighted by atomic mass is 10.00. The maximum atomic E-state index is 12.6. The number of amides is 1. The van der Waals surface area contributed by atoms with Crippen LogP contribution in [0, 0.1) is 6.92 Å². The number of ketones is 1. The molecule has 3 rings (SSSR count). The molecule has 5 nitrogen and oxygen atoms in total. The van der Waals surface area contributed by atoms with Gasteiger partial charge in [-0.15, -0.1) is 0 Å². The van der Waals surface area contributed by atoms with Gasteiger partial charge >= 0.3 is 0 Å². The van der Waals surface area contributed by atoms with Crippen LogP contribution in [0.5, 0.6) is 0 Å². The molecule has 0 bridgehead atoms. The Morgan fingerprint density at radius 1 is 1.18 bits per heavy atom. The Labute approximate surface area is 130 Å². The molecule has 0 aliphatic carbocycles. The molecule has 2 aliphatic rings. The summed E-state index contributed by atoms with van der Waals surface area (Å²) in [4.78, 5) is 31.1. The van der Waals surface area contributed by atoms with Crippen LogP contribution in [0.3, 0.4) is 0 Å². The number of Topliss-reactive ketones (excluding diaryl/α,β-unsaturated/α-hetero) is 1. The van der Waals surface area contributed by atoms with Crippen molar-refractivity contribution in [2.24, 2.45) is 4.99 Å². The van der Waals surface area contributed by atoms with Crippen molar-refractivity contribution in [1.29, 1.82) is 0 Å². The first-order valence-electron chi connectivity index (χ1n) is 7.87. The van der Waals surface area contributed by atoms with E-state index in [2.05, 4.69) is 15.2 Å². The maximum absolute atomic E-state index is 12.6. The normalized spacial score (nSPS) is 22.0. The highest BCUT2D eigenvalue weighted by molar-refractivity contribution is 6.08. The quantitative estimate of drug-likeness (QED) is 0.849. The van der Waals surface area contributed by atoms with Gasteiger partial charge in [-0.1, -0.05) is 29.8 Å². The summed E-state index contributed by atoms with van der Waals surface area (Å²) in [5.74, 6) is 0.367. The number of rotatable bonds is 2. The smallest absolute Gasteiger partial charge is 0.229 e. The number of piperidine rings is 1. The Morgan fingerprint density at radius 3 is 2.55 bits per heavy atom. The zero-order chi connectivity index (χ0) is 15.5. The van der Waals surface area contributed by atoms with Crippen LogP contribution in [0.2, 0.25) is 0 Å². The van der Waals surface area contributed by atoms with E-state index in [9.17, 15) is 9.59 Å². The molecule has 2 aliphatic heterocycles. The Morgan fingerprint density at radius 2 is 1.86 bits per heavy atom. The first-order valence-corrected chi connectivity index (χ1v) is 7.87. The molecule has 0 unspecified atom stereocenters. The molecule has 1 atom stereocenters. The van der Waals surface area contributed by atoms with Crippen molar-refractivity contribution in [1.82, 2.24) is 10.2 Å². The third-order valence-electron chi connectivity index (χ3n) is 4.20. The molecular formula is C17H21N3O2. The largest absolute Gasteiger partial charge is 0.343 e. The van der Waals surface area contributed by atoms with Gasteiger partial charge < -0.3 is 4.90 Å². The summed E-state index contributed by atoms with van der Waals surface area (Å²) in [5, 5.41) is 2.82. The predicted octanol–water partition coefficient (Wildman–Crippen LogP) is 1.91. The van der Waals surface area contributed by atoms with Gasteiger partial charge in [0.05, 0.1) is 6.42 Å². The van der Waals surface area contributed by atoms with Gasteiger partial charge in [0.2, 0.25) is 11.9 Å². The number of aliphatic imine (C=N–C) groups is 1. The number of carbonyl (C=O) groups excluding carboxylic acids is 2. The molecule has 1 fully saturated rings. The van der Waals surface area contributed by atoms with Crippen LogP contribution in [-0.2, 0) is 4.79 Å². The van der Waals surface area contributed by atoms with Crippen LogP contribution < -0.4 is 5.32 Å². The number of aryl methyl sites for hydroxylation is 1. The van der Waals surface area contributed by atoms with Crippen LogP contribution in [0.25, 0.3) is 0 Å². The van der Waals surface area contributed by atoms with Gasteiger partial charge in [0.25, 0.3) is 0 Å². The fourth-order valence-corrected chi connectivity index (χ4v) is 2.90. The van der Waals surface area contributed by atoms with Gasteiger partial charge in [0.1, 0.15) is 6.04 Å². The second-order valence-corrected chi connectivity index (χ2v) is 6.00. The highest BCUT2D eigenvalue weighted by Crippen LogP contribution is 2.16. The fraction of sp³-hybridized carbons (Fsp3) is 0.471. The van der Waals surface area contributed by atoms with Gasteiger partial charge in [0, 0.05) is 18.7 Å². The fourth-order valence-electron chi connectivity index (χ4n) is 2.90. The third kappa shape index (κ3) is 3.18. The number of hydrogen-bond donors (Lipinski definition) is 1. The van der Waals surface area contributed by atoms with E-state index in [1.807, 2.05) is 19.1 Å². The molecular weight excluding hydrogens is 278 g/mol. The minimum absolute atomic E-state index is 0.0793. The van der Waals surface area contributed by atoms with E-state index in [1.54, 1.807) is 12.1 Å². The zero-order valence-electron chi connectivity index (χ0n) is 12.8. The van der Waals surface area contributed by atoms with E-state index < -0.39 is 6.04 Å². The lowest BCUT2D eigenvalue weighted by molar-refractivity contribution is -0.120. The van der Waals surface area contributed by atoms with Crippen molar-refractivity contribution in [2.75, 3.05) is 13.1 Å². The number of carbonyl (C=O) groups is 2. The molecule has 22 heavy (non-hydrogen) atoms. The molecule has 0 radical (unpaired) electrons. The number of guanidine groups is 1. The Balaban J connectivity index is 1.80. The Hall–Kier alpha value is -2.17. The molecule has 2 heterocycles. The number of hydrogen-bond acceptors (Lipinski definition) is 4. The topological polar surface area (TPSA) is 61.8 Å². The van der Waals surface area contributed by atoms with Crippen LogP contribution in [-0.4, -0.2) is 41.7 Å². The minimum Gasteiger partial charge on any atom is -0.343 e. The molecule has 0 spiro atoms. The molecule has 1 amide bonds. The van der Waals surface area contributed by atoms with Gasteiger partial charge in [-0.3, -0.25) is 14.9 Å². The van der Waals surface area contributed by atoms with Crippen molar-refractivity contribution in [2.45, 2.75) is 38.6 Å². The summed E-state index contributed by atoms with van der Waals surface area (Å²) in [6.07, 6.45) is 3.55. The summed E-state index contributed by atoms with van der Waals surface area (Å²) < 4.78 is 0. The van der Waals surface area contributed by atoms with Crippen molar-refractivity contribution in [3.63, 3.8) is 0 Å². The molecule has 1 aromatic carbocycles. The van der Waals surface area contributed by atoms with E-state index in [-0.39, 0.29) is 18.1 Å². The van der Waals surface area contributed by atoms with E-state index in [4.69, 9.17) is 0 Å². The highest BCUT2D eigenvalue weighted by Gasteiger charge is 2.30. The summed E-state index contributed by atoms with van der Waals surface area (Å²) in [5.41, 5.74) is 1.72. The molecule has 1 saturated heterocycles. The van der Waals surface area contributed by atoms with Crippen molar-refractivity contribution < 1.29 is 9.59 Å². The first kappa shape index (κ1) is 14.8. The van der Waals surface area contributed by atoms with Gasteiger partial charge in [-0.25, -0.2) is 4.99 Å². The van der Waals surface area contributed by atoms with E-state index in [0.29, 0.717) is 11.5 Å². The lowest BCUT2D eigenvalue weighted by Crippen LogP contribution is -2.51. The molecule has 116 valence electrons. The second-order valence-electron chi connectivity index (χ2n) is 6.00. The maximum Gasteiger partial charge on any atom is 0.229 e.